The number of fused-ring (bicyclic) bond motifs is 1. The molecule has 4 aromatic rings. The Morgan fingerprint density at radius 3 is 2.47 bits per heavy atom. The fraction of sp³-hybridized carbons (Fsp3) is 0.206. The smallest absolute Gasteiger partial charge is 0.338 e. The molecule has 0 aliphatic carbocycles. The summed E-state index contributed by atoms with van der Waals surface area (Å²) in [5.41, 5.74) is 2.64. The zero-order chi connectivity index (χ0) is 30.3. The van der Waals surface area contributed by atoms with Gasteiger partial charge in [-0.05, 0) is 55.3 Å². The van der Waals surface area contributed by atoms with Crippen molar-refractivity contribution in [2.75, 3.05) is 26.9 Å². The van der Waals surface area contributed by atoms with Gasteiger partial charge in [0.1, 0.15) is 12.4 Å². The Hall–Kier alpha value is -5.07. The molecule has 2 heterocycles. The van der Waals surface area contributed by atoms with Gasteiger partial charge in [0.15, 0.2) is 16.3 Å². The van der Waals surface area contributed by atoms with Crippen LogP contribution in [0.5, 0.6) is 17.2 Å². The van der Waals surface area contributed by atoms with Crippen LogP contribution in [-0.2, 0) is 9.53 Å². The summed E-state index contributed by atoms with van der Waals surface area (Å²) in [6.45, 7) is 4.45. The lowest BCUT2D eigenvalue weighted by molar-refractivity contribution is -0.138. The molecule has 3 aromatic carbocycles. The number of esters is 1. The molecule has 1 atom stereocenters. The van der Waals surface area contributed by atoms with E-state index in [0.29, 0.717) is 38.9 Å². The maximum Gasteiger partial charge on any atom is 0.338 e. The predicted molar refractivity (Wildman–Crippen MR) is 166 cm³/mol. The Morgan fingerprint density at radius 2 is 1.79 bits per heavy atom. The number of rotatable bonds is 10. The van der Waals surface area contributed by atoms with Gasteiger partial charge in [0.2, 0.25) is 0 Å². The fourth-order valence-corrected chi connectivity index (χ4v) is 5.83. The molecule has 0 radical (unpaired) electrons. The Bertz CT molecular complexity index is 1880. The number of carbonyl (C=O) groups excluding carboxylic acids is 1. The second-order valence-electron chi connectivity index (χ2n) is 9.34. The highest BCUT2D eigenvalue weighted by Gasteiger charge is 2.35. The second-order valence-corrected chi connectivity index (χ2v) is 10.3. The number of hydrogen-bond acceptors (Lipinski definition) is 8. The van der Waals surface area contributed by atoms with Crippen LogP contribution in [-0.4, -0.2) is 37.5 Å². The van der Waals surface area contributed by atoms with Crippen molar-refractivity contribution in [2.24, 2.45) is 4.99 Å². The van der Waals surface area contributed by atoms with E-state index in [-0.39, 0.29) is 24.3 Å². The zero-order valence-electron chi connectivity index (χ0n) is 24.0. The standard InChI is InChI=1S/C34H30N2O6S/c1-5-19-42-26-18-13-22(20-27(26)39-4)21-28-32(37)36-31(24-14-16-25(17-15-24)40-6-2)29(33(38)41-7-3)30(35-34(36)43-28)23-11-9-8-10-12-23/h1,8-18,20-21,31H,6-7,19H2,2-4H3/b28-21-/t31-/m0/s1. The first-order chi connectivity index (χ1) is 21.0. The summed E-state index contributed by atoms with van der Waals surface area (Å²) in [6.07, 6.45) is 7.09. The molecular weight excluding hydrogens is 564 g/mol. The lowest BCUT2D eigenvalue weighted by atomic mass is 9.93. The lowest BCUT2D eigenvalue weighted by Crippen LogP contribution is -2.40. The number of benzene rings is 3. The van der Waals surface area contributed by atoms with Crippen LogP contribution in [0.2, 0.25) is 0 Å². The van der Waals surface area contributed by atoms with Crippen LogP contribution >= 0.6 is 11.3 Å². The zero-order valence-corrected chi connectivity index (χ0v) is 24.9. The van der Waals surface area contributed by atoms with Gasteiger partial charge in [0, 0.05) is 5.56 Å². The number of nitrogens with zero attached hydrogens (tertiary/aromatic N) is 2. The number of aromatic nitrogens is 1. The minimum atomic E-state index is -0.780. The molecule has 0 fully saturated rings. The molecule has 0 unspecified atom stereocenters. The van der Waals surface area contributed by atoms with Crippen LogP contribution in [0.4, 0.5) is 0 Å². The molecule has 5 rings (SSSR count). The second kappa shape index (κ2) is 13.3. The van der Waals surface area contributed by atoms with Crippen LogP contribution < -0.4 is 29.1 Å². The van der Waals surface area contributed by atoms with Gasteiger partial charge in [-0.25, -0.2) is 9.79 Å². The SMILES string of the molecule is C#CCOc1ccc(/C=c2\sc3n(c2=O)[C@@H](c2ccc(OCC)cc2)C(C(=O)OCC)=C(c2ccccc2)N=3)cc1OC. The van der Waals surface area contributed by atoms with Crippen molar-refractivity contribution in [2.45, 2.75) is 19.9 Å². The van der Waals surface area contributed by atoms with Gasteiger partial charge in [0.05, 0.1) is 42.2 Å². The maximum absolute atomic E-state index is 14.1. The molecule has 43 heavy (non-hydrogen) atoms. The van der Waals surface area contributed by atoms with Crippen LogP contribution in [0.15, 0.2) is 88.2 Å². The van der Waals surface area contributed by atoms with E-state index in [1.54, 1.807) is 29.7 Å². The third-order valence-electron chi connectivity index (χ3n) is 6.68. The molecule has 8 nitrogen and oxygen atoms in total. The summed E-state index contributed by atoms with van der Waals surface area (Å²) in [7, 11) is 1.54. The van der Waals surface area contributed by atoms with E-state index in [4.69, 9.17) is 30.4 Å². The molecule has 9 heteroatoms. The summed E-state index contributed by atoms with van der Waals surface area (Å²) >= 11 is 1.24. The largest absolute Gasteiger partial charge is 0.494 e. The third kappa shape index (κ3) is 6.10. The molecule has 0 saturated carbocycles. The van der Waals surface area contributed by atoms with Gasteiger partial charge in [-0.3, -0.25) is 9.36 Å². The first kappa shape index (κ1) is 29.4. The minimum Gasteiger partial charge on any atom is -0.494 e. The van der Waals surface area contributed by atoms with Gasteiger partial charge in [0.25, 0.3) is 5.56 Å². The molecule has 1 aromatic heterocycles. The van der Waals surface area contributed by atoms with E-state index in [1.807, 2.05) is 67.6 Å². The minimum absolute atomic E-state index is 0.104. The normalized spacial score (nSPS) is 14.4. The first-order valence-corrected chi connectivity index (χ1v) is 14.6. The fourth-order valence-electron chi connectivity index (χ4n) is 4.83. The van der Waals surface area contributed by atoms with E-state index in [0.717, 1.165) is 16.7 Å². The Morgan fingerprint density at radius 1 is 1.02 bits per heavy atom. The van der Waals surface area contributed by atoms with E-state index >= 15 is 0 Å². The average molecular weight is 595 g/mol. The number of thiazole rings is 1. The van der Waals surface area contributed by atoms with E-state index in [9.17, 15) is 9.59 Å². The first-order valence-electron chi connectivity index (χ1n) is 13.7. The van der Waals surface area contributed by atoms with Crippen molar-refractivity contribution in [3.63, 3.8) is 0 Å². The van der Waals surface area contributed by atoms with Gasteiger partial charge >= 0.3 is 5.97 Å². The van der Waals surface area contributed by atoms with E-state index in [1.165, 1.54) is 18.4 Å². The Kier molecular flexibility index (Phi) is 9.08. The highest BCUT2D eigenvalue weighted by Crippen LogP contribution is 2.36. The number of hydrogen-bond donors (Lipinski definition) is 0. The predicted octanol–water partition coefficient (Wildman–Crippen LogP) is 4.35. The molecule has 0 N–H and O–H groups in total. The highest BCUT2D eigenvalue weighted by atomic mass is 32.1. The quantitative estimate of drug-likeness (QED) is 0.200. The number of terminal acetylenes is 1. The Balaban J connectivity index is 1.74. The van der Waals surface area contributed by atoms with Crippen molar-refractivity contribution in [3.8, 4) is 29.6 Å². The summed E-state index contributed by atoms with van der Waals surface area (Å²) in [5, 5.41) is 0. The van der Waals surface area contributed by atoms with E-state index in [2.05, 4.69) is 5.92 Å². The van der Waals surface area contributed by atoms with Gasteiger partial charge < -0.3 is 18.9 Å². The van der Waals surface area contributed by atoms with Crippen LogP contribution in [0.25, 0.3) is 11.8 Å². The molecule has 1 aliphatic heterocycles. The Labute approximate surface area is 253 Å². The maximum atomic E-state index is 14.1. The third-order valence-corrected chi connectivity index (χ3v) is 7.66. The van der Waals surface area contributed by atoms with Crippen LogP contribution in [0.1, 0.15) is 36.6 Å². The van der Waals surface area contributed by atoms with E-state index < -0.39 is 12.0 Å². The molecule has 0 amide bonds. The molecule has 1 aliphatic rings. The molecular formula is C34H30N2O6S. The van der Waals surface area contributed by atoms with Crippen molar-refractivity contribution in [3.05, 3.63) is 115 Å². The van der Waals surface area contributed by atoms with Gasteiger partial charge in [-0.15, -0.1) is 6.42 Å². The summed E-state index contributed by atoms with van der Waals surface area (Å²) in [5.74, 6) is 3.57. The number of methoxy groups -OCH3 is 1. The molecule has 0 saturated heterocycles. The van der Waals surface area contributed by atoms with Crippen molar-refractivity contribution in [1.29, 1.82) is 0 Å². The van der Waals surface area contributed by atoms with Crippen LogP contribution in [0, 0.1) is 12.3 Å². The summed E-state index contributed by atoms with van der Waals surface area (Å²) < 4.78 is 24.2. The molecule has 0 spiro atoms. The number of carbonyl (C=O) groups is 1. The van der Waals surface area contributed by atoms with Crippen molar-refractivity contribution in [1.82, 2.24) is 4.57 Å². The molecule has 0 bridgehead atoms. The monoisotopic (exact) mass is 594 g/mol. The van der Waals surface area contributed by atoms with Crippen LogP contribution in [0.3, 0.4) is 0 Å². The highest BCUT2D eigenvalue weighted by molar-refractivity contribution is 7.07. The summed E-state index contributed by atoms with van der Waals surface area (Å²) in [6, 6.07) is 21.4. The van der Waals surface area contributed by atoms with Gasteiger partial charge in [-0.2, -0.15) is 0 Å². The molecule has 218 valence electrons. The summed E-state index contributed by atoms with van der Waals surface area (Å²) in [4.78, 5) is 33.1. The van der Waals surface area contributed by atoms with Gasteiger partial charge in [-0.1, -0.05) is 65.8 Å². The number of ether oxygens (including phenoxy) is 4. The van der Waals surface area contributed by atoms with Crippen molar-refractivity contribution < 1.29 is 23.7 Å². The average Bonchev–Trinajstić information content (AvgIpc) is 3.34. The lowest BCUT2D eigenvalue weighted by Gasteiger charge is -2.26. The van der Waals surface area contributed by atoms with Crippen molar-refractivity contribution >= 4 is 29.1 Å². The topological polar surface area (TPSA) is 88.4 Å².